The quantitative estimate of drug-likeness (QED) is 0.715. The molecule has 0 spiro atoms. The van der Waals surface area contributed by atoms with Crippen LogP contribution in [0.25, 0.3) is 16.9 Å². The lowest BCUT2D eigenvalue weighted by molar-refractivity contribution is 0.417. The molecule has 3 rings (SSSR count). The van der Waals surface area contributed by atoms with Crippen LogP contribution in [0.1, 0.15) is 19.4 Å². The molecule has 0 bridgehead atoms. The number of rotatable bonds is 4. The number of nitrogens with zero attached hydrogens (tertiary/aromatic N) is 2. The molecule has 0 atom stereocenters. The number of benzene rings is 1. The molecule has 108 valence electrons. The Morgan fingerprint density at radius 2 is 1.90 bits per heavy atom. The second-order valence-electron chi connectivity index (χ2n) is 5.73. The molecule has 2 aromatic heterocycles. The minimum Gasteiger partial charge on any atom is -0.493 e. The molecule has 0 aliphatic heterocycles. The normalized spacial score (nSPS) is 11.2. The van der Waals surface area contributed by atoms with Crippen molar-refractivity contribution < 1.29 is 4.74 Å². The van der Waals surface area contributed by atoms with Gasteiger partial charge in [-0.3, -0.25) is 0 Å². The topological polar surface area (TPSA) is 26.5 Å². The molecule has 0 saturated carbocycles. The van der Waals surface area contributed by atoms with Crippen molar-refractivity contribution in [3.05, 3.63) is 54.4 Å². The number of methoxy groups -OCH3 is 1. The molecular formula is C18H20N2O. The van der Waals surface area contributed by atoms with Crippen molar-refractivity contribution in [3.8, 4) is 17.0 Å². The molecule has 0 N–H and O–H groups in total. The van der Waals surface area contributed by atoms with E-state index in [9.17, 15) is 0 Å². The van der Waals surface area contributed by atoms with Crippen molar-refractivity contribution in [2.24, 2.45) is 5.92 Å². The van der Waals surface area contributed by atoms with Gasteiger partial charge in [0.2, 0.25) is 0 Å². The summed E-state index contributed by atoms with van der Waals surface area (Å²) in [6.45, 7) is 4.48. The van der Waals surface area contributed by atoms with E-state index < -0.39 is 0 Å². The Kier molecular flexibility index (Phi) is 3.65. The molecule has 1 aromatic carbocycles. The summed E-state index contributed by atoms with van der Waals surface area (Å²) in [6, 6.07) is 12.6. The average molecular weight is 280 g/mol. The van der Waals surface area contributed by atoms with E-state index in [1.54, 1.807) is 7.11 Å². The smallest absolute Gasteiger partial charge is 0.180 e. The van der Waals surface area contributed by atoms with E-state index in [0.717, 1.165) is 29.1 Å². The summed E-state index contributed by atoms with van der Waals surface area (Å²) in [5.74, 6) is 1.47. The van der Waals surface area contributed by atoms with E-state index in [2.05, 4.69) is 43.1 Å². The molecule has 3 heteroatoms. The predicted molar refractivity (Wildman–Crippen MR) is 85.7 cm³/mol. The van der Waals surface area contributed by atoms with Gasteiger partial charge in [-0.25, -0.2) is 4.98 Å². The Morgan fingerprint density at radius 1 is 1.14 bits per heavy atom. The van der Waals surface area contributed by atoms with E-state index in [-0.39, 0.29) is 0 Å². The van der Waals surface area contributed by atoms with Crippen LogP contribution in [0.4, 0.5) is 0 Å². The first-order valence-corrected chi connectivity index (χ1v) is 7.28. The maximum absolute atomic E-state index is 5.36. The summed E-state index contributed by atoms with van der Waals surface area (Å²) in [6.07, 6.45) is 5.13. The lowest BCUT2D eigenvalue weighted by atomic mass is 10.0. The van der Waals surface area contributed by atoms with E-state index in [0.29, 0.717) is 5.92 Å². The van der Waals surface area contributed by atoms with Crippen LogP contribution in [0.2, 0.25) is 0 Å². The molecule has 0 aliphatic carbocycles. The second kappa shape index (κ2) is 5.60. The number of ether oxygens (including phenoxy) is 1. The van der Waals surface area contributed by atoms with Gasteiger partial charge in [0.25, 0.3) is 0 Å². The summed E-state index contributed by atoms with van der Waals surface area (Å²) < 4.78 is 7.35. The largest absolute Gasteiger partial charge is 0.493 e. The molecule has 0 saturated heterocycles. The van der Waals surface area contributed by atoms with Gasteiger partial charge in [-0.15, -0.1) is 0 Å². The molecule has 0 fully saturated rings. The predicted octanol–water partition coefficient (Wildman–Crippen LogP) is 4.21. The highest BCUT2D eigenvalue weighted by Gasteiger charge is 2.08. The number of fused-ring (bicyclic) bond motifs is 1. The highest BCUT2D eigenvalue weighted by Crippen LogP contribution is 2.24. The third kappa shape index (κ3) is 2.77. The Balaban J connectivity index is 1.96. The zero-order valence-corrected chi connectivity index (χ0v) is 12.7. The van der Waals surface area contributed by atoms with Gasteiger partial charge in [-0.05, 0) is 30.0 Å². The minimum atomic E-state index is 0.676. The average Bonchev–Trinajstić information content (AvgIpc) is 2.91. The van der Waals surface area contributed by atoms with Crippen LogP contribution in [0, 0.1) is 5.92 Å². The molecule has 21 heavy (non-hydrogen) atoms. The molecule has 0 aliphatic rings. The van der Waals surface area contributed by atoms with Gasteiger partial charge in [0, 0.05) is 18.0 Å². The Bertz CT molecular complexity index is 742. The van der Waals surface area contributed by atoms with Crippen molar-refractivity contribution in [2.75, 3.05) is 7.11 Å². The summed E-state index contributed by atoms with van der Waals surface area (Å²) in [5.41, 5.74) is 4.32. The molecule has 2 heterocycles. The van der Waals surface area contributed by atoms with Crippen LogP contribution in [0.15, 0.2) is 48.8 Å². The fourth-order valence-corrected chi connectivity index (χ4v) is 2.57. The Morgan fingerprint density at radius 3 is 2.57 bits per heavy atom. The van der Waals surface area contributed by atoms with E-state index in [4.69, 9.17) is 4.74 Å². The van der Waals surface area contributed by atoms with E-state index in [1.807, 2.05) is 28.9 Å². The lowest BCUT2D eigenvalue weighted by Crippen LogP contribution is -1.93. The monoisotopic (exact) mass is 280 g/mol. The van der Waals surface area contributed by atoms with Gasteiger partial charge < -0.3 is 9.14 Å². The molecule has 0 amide bonds. The van der Waals surface area contributed by atoms with Crippen molar-refractivity contribution in [2.45, 2.75) is 20.3 Å². The van der Waals surface area contributed by atoms with Crippen LogP contribution in [0.3, 0.4) is 0 Å². The van der Waals surface area contributed by atoms with Crippen molar-refractivity contribution in [1.29, 1.82) is 0 Å². The summed E-state index contributed by atoms with van der Waals surface area (Å²) in [7, 11) is 1.67. The van der Waals surface area contributed by atoms with Crippen LogP contribution in [0.5, 0.6) is 5.75 Å². The number of hydrogen-bond donors (Lipinski definition) is 0. The molecule has 3 aromatic rings. The van der Waals surface area contributed by atoms with Crippen molar-refractivity contribution in [3.63, 3.8) is 0 Å². The summed E-state index contributed by atoms with van der Waals surface area (Å²) in [5, 5.41) is 0. The summed E-state index contributed by atoms with van der Waals surface area (Å²) in [4.78, 5) is 4.68. The van der Waals surface area contributed by atoms with Gasteiger partial charge >= 0.3 is 0 Å². The van der Waals surface area contributed by atoms with Crippen LogP contribution < -0.4 is 4.74 Å². The first-order valence-electron chi connectivity index (χ1n) is 7.28. The maximum Gasteiger partial charge on any atom is 0.180 e. The number of aromatic nitrogens is 2. The van der Waals surface area contributed by atoms with E-state index in [1.165, 1.54) is 5.56 Å². The van der Waals surface area contributed by atoms with E-state index >= 15 is 0 Å². The van der Waals surface area contributed by atoms with Crippen LogP contribution in [-0.2, 0) is 6.42 Å². The van der Waals surface area contributed by atoms with Gasteiger partial charge in [0.1, 0.15) is 0 Å². The van der Waals surface area contributed by atoms with Crippen molar-refractivity contribution >= 4 is 5.65 Å². The standard InChI is InChI=1S/C18H20N2O/c1-13(2)11-14-6-8-15(9-7-14)16-12-20-10-4-5-17(21-3)18(20)19-16/h4-10,12-13H,11H2,1-3H3. The summed E-state index contributed by atoms with van der Waals surface area (Å²) >= 11 is 0. The van der Waals surface area contributed by atoms with Gasteiger partial charge in [0.15, 0.2) is 11.4 Å². The SMILES string of the molecule is COc1cccn2cc(-c3ccc(CC(C)C)cc3)nc12. The maximum atomic E-state index is 5.36. The molecule has 0 unspecified atom stereocenters. The fraction of sp³-hybridized carbons (Fsp3) is 0.278. The molecule has 0 radical (unpaired) electrons. The van der Waals surface area contributed by atoms with Crippen LogP contribution in [-0.4, -0.2) is 16.5 Å². The molecule has 3 nitrogen and oxygen atoms in total. The highest BCUT2D eigenvalue weighted by atomic mass is 16.5. The van der Waals surface area contributed by atoms with Gasteiger partial charge in [-0.1, -0.05) is 38.1 Å². The molecular weight excluding hydrogens is 260 g/mol. The highest BCUT2D eigenvalue weighted by molar-refractivity contribution is 5.66. The zero-order chi connectivity index (χ0) is 14.8. The minimum absolute atomic E-state index is 0.676. The number of pyridine rings is 1. The lowest BCUT2D eigenvalue weighted by Gasteiger charge is -2.05. The van der Waals surface area contributed by atoms with Gasteiger partial charge in [0.05, 0.1) is 12.8 Å². The second-order valence-corrected chi connectivity index (χ2v) is 5.73. The van der Waals surface area contributed by atoms with Crippen LogP contribution >= 0.6 is 0 Å². The van der Waals surface area contributed by atoms with Gasteiger partial charge in [-0.2, -0.15) is 0 Å². The number of imidazole rings is 1. The third-order valence-electron chi connectivity index (χ3n) is 3.56. The fourth-order valence-electron chi connectivity index (χ4n) is 2.57. The first kappa shape index (κ1) is 13.7. The Labute approximate surface area is 125 Å². The first-order chi connectivity index (χ1) is 10.2. The van der Waals surface area contributed by atoms with Crippen molar-refractivity contribution in [1.82, 2.24) is 9.38 Å². The zero-order valence-electron chi connectivity index (χ0n) is 12.7. The third-order valence-corrected chi connectivity index (χ3v) is 3.56. The number of hydrogen-bond acceptors (Lipinski definition) is 2. The Hall–Kier alpha value is -2.29.